The number of ether oxygens (including phenoxy) is 1. The lowest BCUT2D eigenvalue weighted by Gasteiger charge is -2.31. The minimum atomic E-state index is -0.597. The molecule has 33 heavy (non-hydrogen) atoms. The summed E-state index contributed by atoms with van der Waals surface area (Å²) in [5, 5.41) is 3.16. The van der Waals surface area contributed by atoms with Crippen molar-refractivity contribution in [1.82, 2.24) is 10.2 Å². The van der Waals surface area contributed by atoms with E-state index in [2.05, 4.69) is 37.2 Å². The first-order chi connectivity index (χ1) is 15.7. The number of hydrogen-bond donors (Lipinski definition) is 1. The lowest BCUT2D eigenvalue weighted by Crippen LogP contribution is -2.51. The number of carbonyl (C=O) groups excluding carboxylic acids is 2. The van der Waals surface area contributed by atoms with Gasteiger partial charge in [-0.2, -0.15) is 0 Å². The molecule has 0 radical (unpaired) electrons. The summed E-state index contributed by atoms with van der Waals surface area (Å²) in [6, 6.07) is 11.2. The Hall–Kier alpha value is -1.86. The van der Waals surface area contributed by atoms with Crippen LogP contribution in [0.4, 0.5) is 0 Å². The number of rotatable bonds is 8. The largest absolute Gasteiger partial charge is 0.484 e. The van der Waals surface area contributed by atoms with Gasteiger partial charge in [-0.3, -0.25) is 9.59 Å². The minimum absolute atomic E-state index is 0.109. The Morgan fingerprint density at radius 1 is 1.06 bits per heavy atom. The summed E-state index contributed by atoms with van der Waals surface area (Å²) in [4.78, 5) is 27.9. The van der Waals surface area contributed by atoms with Gasteiger partial charge in [0, 0.05) is 21.5 Å². The predicted molar refractivity (Wildman–Crippen MR) is 138 cm³/mol. The standard InChI is InChI=1S/C26H32Br2N2O3/c1-17-13-23(14-18(2)25(17)28)33-16-24(31)30(15-20-9-11-21(27)12-10-20)19(3)26(32)29-22-7-5-4-6-8-22/h9-14,19,22H,4-8,15-16H2,1-3H3,(H,29,32)/t19-/m1/s1. The molecule has 1 atom stereocenters. The third-order valence-electron chi connectivity index (χ3n) is 6.16. The summed E-state index contributed by atoms with van der Waals surface area (Å²) in [5.41, 5.74) is 3.05. The Morgan fingerprint density at radius 3 is 2.27 bits per heavy atom. The molecule has 7 heteroatoms. The van der Waals surface area contributed by atoms with Crippen molar-refractivity contribution in [3.8, 4) is 5.75 Å². The van der Waals surface area contributed by atoms with Gasteiger partial charge in [0.15, 0.2) is 6.61 Å². The van der Waals surface area contributed by atoms with Crippen LogP contribution in [0.1, 0.15) is 55.7 Å². The number of nitrogens with one attached hydrogen (secondary N) is 1. The maximum Gasteiger partial charge on any atom is 0.261 e. The van der Waals surface area contributed by atoms with Gasteiger partial charge in [-0.05, 0) is 74.6 Å². The SMILES string of the molecule is Cc1cc(OCC(=O)N(Cc2ccc(Br)cc2)[C@H](C)C(=O)NC2CCCCC2)cc(C)c1Br. The fraction of sp³-hybridized carbons (Fsp3) is 0.462. The van der Waals surface area contributed by atoms with Gasteiger partial charge in [-0.15, -0.1) is 0 Å². The summed E-state index contributed by atoms with van der Waals surface area (Å²) in [7, 11) is 0. The molecule has 0 bridgehead atoms. The predicted octanol–water partition coefficient (Wildman–Crippen LogP) is 6.07. The van der Waals surface area contributed by atoms with Crippen LogP contribution in [0.25, 0.3) is 0 Å². The fourth-order valence-electron chi connectivity index (χ4n) is 4.16. The van der Waals surface area contributed by atoms with Crippen LogP contribution in [-0.2, 0) is 16.1 Å². The molecule has 2 aromatic carbocycles. The molecule has 0 unspecified atom stereocenters. The Balaban J connectivity index is 1.72. The number of nitrogens with zero attached hydrogens (tertiary/aromatic N) is 1. The monoisotopic (exact) mass is 578 g/mol. The van der Waals surface area contributed by atoms with Crippen LogP contribution in [0.2, 0.25) is 0 Å². The maximum absolute atomic E-state index is 13.3. The molecule has 1 N–H and O–H groups in total. The molecule has 0 aliphatic heterocycles. The highest BCUT2D eigenvalue weighted by molar-refractivity contribution is 9.10. The third kappa shape index (κ3) is 7.31. The molecule has 1 aliphatic carbocycles. The molecule has 5 nitrogen and oxygen atoms in total. The van der Waals surface area contributed by atoms with Crippen LogP contribution < -0.4 is 10.1 Å². The summed E-state index contributed by atoms with van der Waals surface area (Å²) in [6.45, 7) is 5.99. The van der Waals surface area contributed by atoms with E-state index in [1.807, 2.05) is 50.2 Å². The second-order valence-corrected chi connectivity index (χ2v) is 10.5. The van der Waals surface area contributed by atoms with Crippen LogP contribution >= 0.6 is 31.9 Å². The Morgan fingerprint density at radius 2 is 1.67 bits per heavy atom. The van der Waals surface area contributed by atoms with E-state index in [1.54, 1.807) is 11.8 Å². The van der Waals surface area contributed by atoms with Crippen molar-refractivity contribution < 1.29 is 14.3 Å². The van der Waals surface area contributed by atoms with Gasteiger partial charge in [0.2, 0.25) is 5.91 Å². The van der Waals surface area contributed by atoms with Crippen LogP contribution in [0.15, 0.2) is 45.3 Å². The van der Waals surface area contributed by atoms with Crippen molar-refractivity contribution in [3.05, 3.63) is 62.0 Å². The highest BCUT2D eigenvalue weighted by Crippen LogP contribution is 2.26. The van der Waals surface area contributed by atoms with E-state index >= 15 is 0 Å². The molecule has 2 amide bonds. The molecule has 3 rings (SSSR count). The van der Waals surface area contributed by atoms with Gasteiger partial charge in [0.25, 0.3) is 5.91 Å². The van der Waals surface area contributed by atoms with E-state index in [0.29, 0.717) is 12.3 Å². The number of aryl methyl sites for hydroxylation is 2. The van der Waals surface area contributed by atoms with Crippen LogP contribution in [0.3, 0.4) is 0 Å². The Bertz CT molecular complexity index is 949. The van der Waals surface area contributed by atoms with Crippen molar-refractivity contribution in [3.63, 3.8) is 0 Å². The third-order valence-corrected chi connectivity index (χ3v) is 7.94. The summed E-state index contributed by atoms with van der Waals surface area (Å²) in [5.74, 6) is 0.314. The molecule has 0 spiro atoms. The molecular formula is C26H32Br2N2O3. The zero-order chi connectivity index (χ0) is 24.0. The minimum Gasteiger partial charge on any atom is -0.484 e. The van der Waals surface area contributed by atoms with Gasteiger partial charge in [-0.1, -0.05) is 63.3 Å². The van der Waals surface area contributed by atoms with Gasteiger partial charge < -0.3 is 15.0 Å². The lowest BCUT2D eigenvalue weighted by atomic mass is 9.95. The van der Waals surface area contributed by atoms with Crippen molar-refractivity contribution in [2.75, 3.05) is 6.61 Å². The maximum atomic E-state index is 13.3. The van der Waals surface area contributed by atoms with E-state index in [9.17, 15) is 9.59 Å². The molecule has 0 heterocycles. The average molecular weight is 580 g/mol. The topological polar surface area (TPSA) is 58.6 Å². The van der Waals surface area contributed by atoms with Crippen LogP contribution in [-0.4, -0.2) is 35.4 Å². The molecular weight excluding hydrogens is 548 g/mol. The average Bonchev–Trinajstić information content (AvgIpc) is 2.80. The van der Waals surface area contributed by atoms with Crippen molar-refractivity contribution in [2.24, 2.45) is 0 Å². The second kappa shape index (κ2) is 12.0. The molecule has 178 valence electrons. The number of benzene rings is 2. The highest BCUT2D eigenvalue weighted by atomic mass is 79.9. The molecule has 0 aromatic heterocycles. The second-order valence-electron chi connectivity index (χ2n) is 8.83. The van der Waals surface area contributed by atoms with Gasteiger partial charge in [-0.25, -0.2) is 0 Å². The first-order valence-electron chi connectivity index (χ1n) is 11.5. The van der Waals surface area contributed by atoms with Crippen LogP contribution in [0.5, 0.6) is 5.75 Å². The molecule has 1 saturated carbocycles. The van der Waals surface area contributed by atoms with E-state index < -0.39 is 6.04 Å². The zero-order valence-corrected chi connectivity index (χ0v) is 22.7. The van der Waals surface area contributed by atoms with Crippen molar-refractivity contribution in [2.45, 2.75) is 71.5 Å². The number of hydrogen-bond acceptors (Lipinski definition) is 3. The Kier molecular flexibility index (Phi) is 9.38. The lowest BCUT2D eigenvalue weighted by molar-refractivity contribution is -0.142. The van der Waals surface area contributed by atoms with Crippen LogP contribution in [0, 0.1) is 13.8 Å². The normalized spacial score (nSPS) is 15.1. The zero-order valence-electron chi connectivity index (χ0n) is 19.5. The van der Waals surface area contributed by atoms with Gasteiger partial charge in [0.05, 0.1) is 0 Å². The molecule has 0 saturated heterocycles. The van der Waals surface area contributed by atoms with E-state index in [0.717, 1.165) is 51.3 Å². The summed E-state index contributed by atoms with van der Waals surface area (Å²) in [6.07, 6.45) is 5.51. The first kappa shape index (κ1) is 25.8. The Labute approximate surface area is 213 Å². The quantitative estimate of drug-likeness (QED) is 0.413. The fourth-order valence-corrected chi connectivity index (χ4v) is 4.65. The summed E-state index contributed by atoms with van der Waals surface area (Å²) >= 11 is 7.00. The molecule has 1 fully saturated rings. The molecule has 2 aromatic rings. The molecule has 1 aliphatic rings. The number of carbonyl (C=O) groups is 2. The van der Waals surface area contributed by atoms with E-state index in [-0.39, 0.29) is 24.5 Å². The van der Waals surface area contributed by atoms with E-state index in [4.69, 9.17) is 4.74 Å². The number of amides is 2. The van der Waals surface area contributed by atoms with Crippen molar-refractivity contribution >= 4 is 43.7 Å². The van der Waals surface area contributed by atoms with Gasteiger partial charge in [0.1, 0.15) is 11.8 Å². The first-order valence-corrected chi connectivity index (χ1v) is 13.1. The number of halogens is 2. The summed E-state index contributed by atoms with van der Waals surface area (Å²) < 4.78 is 7.85. The highest BCUT2D eigenvalue weighted by Gasteiger charge is 2.28. The smallest absolute Gasteiger partial charge is 0.261 e. The van der Waals surface area contributed by atoms with Crippen molar-refractivity contribution in [1.29, 1.82) is 0 Å². The van der Waals surface area contributed by atoms with E-state index in [1.165, 1.54) is 6.42 Å². The van der Waals surface area contributed by atoms with Gasteiger partial charge >= 0.3 is 0 Å².